The highest BCUT2D eigenvalue weighted by molar-refractivity contribution is 5.83. The van der Waals surface area contributed by atoms with Gasteiger partial charge in [-0.2, -0.15) is 0 Å². The lowest BCUT2D eigenvalue weighted by molar-refractivity contribution is -0.132. The van der Waals surface area contributed by atoms with Gasteiger partial charge in [0.2, 0.25) is 0 Å². The van der Waals surface area contributed by atoms with Crippen LogP contribution in [-0.4, -0.2) is 35.6 Å². The minimum Gasteiger partial charge on any atom is -0.504 e. The first kappa shape index (κ1) is 9.83. The van der Waals surface area contributed by atoms with E-state index in [1.807, 2.05) is 0 Å². The molecule has 4 heteroatoms. The lowest BCUT2D eigenvalue weighted by Crippen LogP contribution is -2.29. The van der Waals surface area contributed by atoms with Gasteiger partial charge in [-0.15, -0.1) is 0 Å². The number of benzene rings is 1. The minimum absolute atomic E-state index is 0.0294. The van der Waals surface area contributed by atoms with Crippen molar-refractivity contribution in [2.75, 3.05) is 13.6 Å². The molecule has 0 spiro atoms. The minimum atomic E-state index is -0.455. The van der Waals surface area contributed by atoms with Crippen LogP contribution in [0.15, 0.2) is 24.3 Å². The Morgan fingerprint density at radius 3 is 2.80 bits per heavy atom. The van der Waals surface area contributed by atoms with Crippen LogP contribution in [0.3, 0.4) is 0 Å². The molecule has 1 aliphatic heterocycles. The summed E-state index contributed by atoms with van der Waals surface area (Å²) in [6.45, 7) is 0.705. The Hall–Kier alpha value is -1.71. The Balaban J connectivity index is 2.10. The average molecular weight is 207 g/mol. The average Bonchev–Trinajstić information content (AvgIpc) is 2.53. The molecule has 1 atom stereocenters. The summed E-state index contributed by atoms with van der Waals surface area (Å²) in [5.74, 6) is 0.407. The first-order chi connectivity index (χ1) is 7.18. The number of rotatable bonds is 2. The summed E-state index contributed by atoms with van der Waals surface area (Å²) >= 11 is 0. The predicted octanol–water partition coefficient (Wildman–Crippen LogP) is 1.00. The van der Waals surface area contributed by atoms with Crippen LogP contribution in [-0.2, 0) is 4.79 Å². The molecule has 1 fully saturated rings. The Morgan fingerprint density at radius 2 is 2.20 bits per heavy atom. The highest BCUT2D eigenvalue weighted by atomic mass is 16.5. The number of phenols is 1. The van der Waals surface area contributed by atoms with Gasteiger partial charge in [-0.05, 0) is 12.1 Å². The molecule has 1 heterocycles. The van der Waals surface area contributed by atoms with Gasteiger partial charge in [0, 0.05) is 20.0 Å². The molecule has 15 heavy (non-hydrogen) atoms. The second-order valence-corrected chi connectivity index (χ2v) is 3.62. The van der Waals surface area contributed by atoms with E-state index < -0.39 is 6.10 Å². The predicted molar refractivity (Wildman–Crippen MR) is 54.8 cm³/mol. The van der Waals surface area contributed by atoms with Gasteiger partial charge in [0.15, 0.2) is 17.6 Å². The molecule has 0 radical (unpaired) electrons. The van der Waals surface area contributed by atoms with Crippen molar-refractivity contribution in [1.82, 2.24) is 4.90 Å². The van der Waals surface area contributed by atoms with E-state index in [4.69, 9.17) is 4.74 Å². The number of phenolic OH excluding ortho intramolecular Hbond substituents is 1. The molecule has 0 saturated carbocycles. The third-order valence-corrected chi connectivity index (χ3v) is 2.51. The molecule has 1 unspecified atom stereocenters. The fourth-order valence-corrected chi connectivity index (χ4v) is 1.61. The number of likely N-dealkylation sites (tertiary alicyclic amines) is 1. The fraction of sp³-hybridized carbons (Fsp3) is 0.364. The summed E-state index contributed by atoms with van der Waals surface area (Å²) in [6, 6.07) is 6.67. The van der Waals surface area contributed by atoms with Gasteiger partial charge in [0.1, 0.15) is 0 Å². The van der Waals surface area contributed by atoms with E-state index in [2.05, 4.69) is 0 Å². The van der Waals surface area contributed by atoms with E-state index in [0.717, 1.165) is 0 Å². The maximum Gasteiger partial charge on any atom is 0.263 e. The summed E-state index contributed by atoms with van der Waals surface area (Å²) < 4.78 is 5.45. The number of ether oxygens (including phenoxy) is 1. The van der Waals surface area contributed by atoms with Crippen molar-refractivity contribution in [1.29, 1.82) is 0 Å². The van der Waals surface area contributed by atoms with Crippen LogP contribution in [0.1, 0.15) is 6.42 Å². The molecule has 1 aromatic rings. The van der Waals surface area contributed by atoms with E-state index >= 15 is 0 Å². The number of aromatic hydroxyl groups is 1. The molecule has 0 aliphatic carbocycles. The largest absolute Gasteiger partial charge is 0.504 e. The van der Waals surface area contributed by atoms with E-state index in [-0.39, 0.29) is 11.7 Å². The maximum absolute atomic E-state index is 11.5. The van der Waals surface area contributed by atoms with E-state index in [0.29, 0.717) is 18.7 Å². The molecule has 4 nitrogen and oxygen atoms in total. The molecule has 1 aliphatic rings. The first-order valence-electron chi connectivity index (χ1n) is 4.88. The standard InChI is InChI=1S/C11H13NO3/c1-12-7-6-10(11(12)14)15-9-5-3-2-4-8(9)13/h2-5,10,13H,6-7H2,1H3. The van der Waals surface area contributed by atoms with Crippen molar-refractivity contribution in [3.63, 3.8) is 0 Å². The summed E-state index contributed by atoms with van der Waals surface area (Å²) in [5, 5.41) is 9.47. The molecule has 80 valence electrons. The third kappa shape index (κ3) is 1.88. The van der Waals surface area contributed by atoms with Crippen LogP contribution in [0.2, 0.25) is 0 Å². The van der Waals surface area contributed by atoms with E-state index in [1.54, 1.807) is 36.2 Å². The first-order valence-corrected chi connectivity index (χ1v) is 4.88. The Labute approximate surface area is 88.1 Å². The third-order valence-electron chi connectivity index (χ3n) is 2.51. The highest BCUT2D eigenvalue weighted by Crippen LogP contribution is 2.27. The van der Waals surface area contributed by atoms with Crippen molar-refractivity contribution in [2.45, 2.75) is 12.5 Å². The van der Waals surface area contributed by atoms with Gasteiger partial charge in [0.25, 0.3) is 5.91 Å². The van der Waals surface area contributed by atoms with Gasteiger partial charge in [-0.1, -0.05) is 12.1 Å². The van der Waals surface area contributed by atoms with Crippen LogP contribution >= 0.6 is 0 Å². The summed E-state index contributed by atoms with van der Waals surface area (Å²) in [5.41, 5.74) is 0. The number of para-hydroxylation sites is 2. The number of hydrogen-bond acceptors (Lipinski definition) is 3. The van der Waals surface area contributed by atoms with Crippen molar-refractivity contribution in [3.05, 3.63) is 24.3 Å². The molecule has 1 N–H and O–H groups in total. The summed E-state index contributed by atoms with van der Waals surface area (Å²) in [6.07, 6.45) is 0.215. The second kappa shape index (κ2) is 3.81. The Bertz CT molecular complexity index is 378. The second-order valence-electron chi connectivity index (χ2n) is 3.62. The number of nitrogens with zero attached hydrogens (tertiary/aromatic N) is 1. The van der Waals surface area contributed by atoms with Gasteiger partial charge in [-0.25, -0.2) is 0 Å². The van der Waals surface area contributed by atoms with Crippen molar-refractivity contribution >= 4 is 5.91 Å². The molecule has 1 amide bonds. The van der Waals surface area contributed by atoms with Gasteiger partial charge in [0.05, 0.1) is 0 Å². The summed E-state index contributed by atoms with van der Waals surface area (Å²) in [4.78, 5) is 13.2. The van der Waals surface area contributed by atoms with Crippen LogP contribution < -0.4 is 4.74 Å². The van der Waals surface area contributed by atoms with Crippen LogP contribution in [0.4, 0.5) is 0 Å². The van der Waals surface area contributed by atoms with Gasteiger partial charge in [-0.3, -0.25) is 4.79 Å². The number of carbonyl (C=O) groups excluding carboxylic acids is 1. The zero-order valence-corrected chi connectivity index (χ0v) is 8.51. The number of likely N-dealkylation sites (N-methyl/N-ethyl adjacent to an activating group) is 1. The zero-order chi connectivity index (χ0) is 10.8. The maximum atomic E-state index is 11.5. The summed E-state index contributed by atoms with van der Waals surface area (Å²) in [7, 11) is 1.75. The SMILES string of the molecule is CN1CCC(Oc2ccccc2O)C1=O. The number of carbonyl (C=O) groups is 1. The van der Waals surface area contributed by atoms with Crippen LogP contribution in [0, 0.1) is 0 Å². The smallest absolute Gasteiger partial charge is 0.263 e. The molecular weight excluding hydrogens is 194 g/mol. The highest BCUT2D eigenvalue weighted by Gasteiger charge is 2.31. The molecule has 1 saturated heterocycles. The molecule has 0 bridgehead atoms. The lowest BCUT2D eigenvalue weighted by atomic mass is 10.3. The van der Waals surface area contributed by atoms with E-state index in [9.17, 15) is 9.90 Å². The molecule has 2 rings (SSSR count). The van der Waals surface area contributed by atoms with Crippen LogP contribution in [0.5, 0.6) is 11.5 Å². The van der Waals surface area contributed by atoms with Crippen LogP contribution in [0.25, 0.3) is 0 Å². The monoisotopic (exact) mass is 207 g/mol. The quantitative estimate of drug-likeness (QED) is 0.787. The van der Waals surface area contributed by atoms with Crippen molar-refractivity contribution in [3.8, 4) is 11.5 Å². The normalized spacial score (nSPS) is 20.7. The fourth-order valence-electron chi connectivity index (χ4n) is 1.61. The van der Waals surface area contributed by atoms with Gasteiger partial charge >= 0.3 is 0 Å². The lowest BCUT2D eigenvalue weighted by Gasteiger charge is -2.13. The molecule has 0 aromatic heterocycles. The van der Waals surface area contributed by atoms with E-state index in [1.165, 1.54) is 0 Å². The number of hydrogen-bond donors (Lipinski definition) is 1. The van der Waals surface area contributed by atoms with Crippen molar-refractivity contribution < 1.29 is 14.6 Å². The molecular formula is C11H13NO3. The Kier molecular flexibility index (Phi) is 2.49. The molecule has 1 aromatic carbocycles. The van der Waals surface area contributed by atoms with Crippen molar-refractivity contribution in [2.24, 2.45) is 0 Å². The van der Waals surface area contributed by atoms with Gasteiger partial charge < -0.3 is 14.7 Å². The topological polar surface area (TPSA) is 49.8 Å². The Morgan fingerprint density at radius 1 is 1.47 bits per heavy atom. The number of amides is 1. The zero-order valence-electron chi connectivity index (χ0n) is 8.51.